The molecule has 0 saturated heterocycles. The maximum Gasteiger partial charge on any atom is 0.351 e. The number of nitrogens with one attached hydrogen (secondary N) is 1. The number of aromatic nitrogens is 1. The largest absolute Gasteiger partial charge is 0.465 e. The van der Waals surface area contributed by atoms with Crippen molar-refractivity contribution < 1.29 is 14.6 Å². The van der Waals surface area contributed by atoms with Crippen LogP contribution in [0.15, 0.2) is 0 Å². The number of thiazole rings is 1. The highest BCUT2D eigenvalue weighted by molar-refractivity contribution is 7.18. The van der Waals surface area contributed by atoms with E-state index in [0.717, 1.165) is 11.3 Å². The predicted molar refractivity (Wildman–Crippen MR) is 58.6 cm³/mol. The van der Waals surface area contributed by atoms with E-state index in [9.17, 15) is 4.79 Å². The summed E-state index contributed by atoms with van der Waals surface area (Å²) in [7, 11) is 1.28. The van der Waals surface area contributed by atoms with E-state index in [-0.39, 0.29) is 22.7 Å². The lowest BCUT2D eigenvalue weighted by molar-refractivity contribution is 0.0606. The number of halogens is 1. The third-order valence-corrected chi connectivity index (χ3v) is 2.95. The fraction of sp³-hybridized carbons (Fsp3) is 0.500. The topological polar surface area (TPSA) is 71.5 Å². The maximum absolute atomic E-state index is 11.2. The Morgan fingerprint density at radius 3 is 3.00 bits per heavy atom. The molecule has 0 radical (unpaired) electrons. The average Bonchev–Trinajstić information content (AvgIpc) is 2.58. The summed E-state index contributed by atoms with van der Waals surface area (Å²) in [5.74, 6) is -0.512. The smallest absolute Gasteiger partial charge is 0.351 e. The van der Waals surface area contributed by atoms with Crippen molar-refractivity contribution in [3.8, 4) is 0 Å². The van der Waals surface area contributed by atoms with Gasteiger partial charge >= 0.3 is 5.97 Å². The van der Waals surface area contributed by atoms with Crippen LogP contribution in [-0.4, -0.2) is 35.8 Å². The van der Waals surface area contributed by atoms with E-state index >= 15 is 0 Å². The maximum atomic E-state index is 11.2. The van der Waals surface area contributed by atoms with Gasteiger partial charge in [0.1, 0.15) is 0 Å². The van der Waals surface area contributed by atoms with Crippen LogP contribution in [0.4, 0.5) is 5.13 Å². The van der Waals surface area contributed by atoms with Crippen molar-refractivity contribution in [1.29, 1.82) is 0 Å². The molecule has 15 heavy (non-hydrogen) atoms. The Labute approximate surface area is 96.0 Å². The first-order valence-electron chi connectivity index (χ1n) is 4.20. The lowest BCUT2D eigenvalue weighted by Gasteiger charge is -2.07. The summed E-state index contributed by atoms with van der Waals surface area (Å²) in [6, 6.07) is -0.141. The number of carbonyl (C=O) groups excluding carboxylic acids is 1. The van der Waals surface area contributed by atoms with E-state index in [1.54, 1.807) is 6.92 Å². The van der Waals surface area contributed by atoms with Crippen LogP contribution in [0, 0.1) is 0 Å². The molecule has 0 aliphatic rings. The van der Waals surface area contributed by atoms with Gasteiger partial charge in [-0.2, -0.15) is 0 Å². The van der Waals surface area contributed by atoms with E-state index in [2.05, 4.69) is 15.0 Å². The Balaban J connectivity index is 2.81. The number of anilines is 1. The first-order valence-corrected chi connectivity index (χ1v) is 5.40. The zero-order valence-electron chi connectivity index (χ0n) is 8.28. The van der Waals surface area contributed by atoms with Crippen LogP contribution >= 0.6 is 22.9 Å². The number of rotatable bonds is 4. The van der Waals surface area contributed by atoms with Crippen LogP contribution in [0.3, 0.4) is 0 Å². The first-order chi connectivity index (χ1) is 7.08. The average molecular weight is 251 g/mol. The molecule has 1 unspecified atom stereocenters. The number of carbonyl (C=O) groups is 1. The Morgan fingerprint density at radius 2 is 2.47 bits per heavy atom. The molecule has 0 bridgehead atoms. The molecule has 0 aromatic carbocycles. The molecular weight excluding hydrogens is 240 g/mol. The molecular formula is C8H11ClN2O3S. The van der Waals surface area contributed by atoms with E-state index in [1.807, 2.05) is 0 Å². The number of hydrogen-bond acceptors (Lipinski definition) is 6. The van der Waals surface area contributed by atoms with Gasteiger partial charge < -0.3 is 15.2 Å². The summed E-state index contributed by atoms with van der Waals surface area (Å²) in [5, 5.41) is 12.3. The highest BCUT2D eigenvalue weighted by Crippen LogP contribution is 2.27. The fourth-order valence-electron chi connectivity index (χ4n) is 0.838. The Kier molecular flexibility index (Phi) is 4.31. The van der Waals surface area contributed by atoms with Crippen molar-refractivity contribution in [2.24, 2.45) is 0 Å². The molecule has 7 heteroatoms. The fourth-order valence-corrected chi connectivity index (χ4v) is 2.05. The minimum Gasteiger partial charge on any atom is -0.465 e. The minimum absolute atomic E-state index is 0.0231. The molecule has 1 aromatic rings. The van der Waals surface area contributed by atoms with Gasteiger partial charge in [0, 0.05) is 6.04 Å². The number of nitrogens with zero attached hydrogens (tertiary/aromatic N) is 1. The van der Waals surface area contributed by atoms with Gasteiger partial charge in [0.2, 0.25) is 0 Å². The molecule has 1 heterocycles. The molecule has 1 rings (SSSR count). The van der Waals surface area contributed by atoms with E-state index in [4.69, 9.17) is 16.7 Å². The second kappa shape index (κ2) is 5.29. The molecule has 0 fully saturated rings. The van der Waals surface area contributed by atoms with Crippen molar-refractivity contribution in [3.05, 3.63) is 10.0 Å². The normalized spacial score (nSPS) is 12.3. The van der Waals surface area contributed by atoms with Gasteiger partial charge in [-0.25, -0.2) is 9.78 Å². The minimum atomic E-state index is -0.512. The van der Waals surface area contributed by atoms with Crippen LogP contribution in [0.5, 0.6) is 0 Å². The predicted octanol–water partition coefficient (Wildman–Crippen LogP) is 1.38. The number of methoxy groups -OCH3 is 1. The van der Waals surface area contributed by atoms with Crippen LogP contribution in [-0.2, 0) is 4.74 Å². The monoisotopic (exact) mass is 250 g/mol. The molecule has 0 spiro atoms. The van der Waals surface area contributed by atoms with Crippen LogP contribution in [0.25, 0.3) is 0 Å². The Bertz CT molecular complexity index is 356. The summed E-state index contributed by atoms with van der Waals surface area (Å²) in [6.07, 6.45) is 0. The van der Waals surface area contributed by atoms with Gasteiger partial charge in [-0.3, -0.25) is 0 Å². The van der Waals surface area contributed by atoms with E-state index < -0.39 is 5.97 Å². The third-order valence-electron chi connectivity index (χ3n) is 1.60. The van der Waals surface area contributed by atoms with Crippen LogP contribution in [0.1, 0.15) is 16.6 Å². The number of hydrogen-bond donors (Lipinski definition) is 2. The molecule has 0 saturated carbocycles. The third kappa shape index (κ3) is 3.05. The van der Waals surface area contributed by atoms with Crippen molar-refractivity contribution in [2.45, 2.75) is 13.0 Å². The molecule has 1 aromatic heterocycles. The van der Waals surface area contributed by atoms with Crippen LogP contribution < -0.4 is 5.32 Å². The number of esters is 1. The highest BCUT2D eigenvalue weighted by atomic mass is 35.5. The number of aliphatic hydroxyl groups is 1. The van der Waals surface area contributed by atoms with Crippen molar-refractivity contribution >= 4 is 34.0 Å². The van der Waals surface area contributed by atoms with Gasteiger partial charge in [-0.1, -0.05) is 22.9 Å². The van der Waals surface area contributed by atoms with Gasteiger partial charge in [-0.15, -0.1) is 0 Å². The Hall–Kier alpha value is -0.850. The second-order valence-corrected chi connectivity index (χ2v) is 4.22. The molecule has 1 atom stereocenters. The quantitative estimate of drug-likeness (QED) is 0.790. The molecule has 0 aliphatic heterocycles. The Morgan fingerprint density at radius 1 is 1.80 bits per heavy atom. The molecule has 84 valence electrons. The zero-order chi connectivity index (χ0) is 11.4. The SMILES string of the molecule is COC(=O)c1sc(NC(C)CO)nc1Cl. The standard InChI is InChI=1S/C8H11ClN2O3S/c1-4(3-12)10-8-11-6(9)5(15-8)7(13)14-2/h4,12H,3H2,1-2H3,(H,10,11). The lowest BCUT2D eigenvalue weighted by Crippen LogP contribution is -2.18. The number of aliphatic hydroxyl groups excluding tert-OH is 1. The van der Waals surface area contributed by atoms with Gasteiger partial charge in [0.05, 0.1) is 13.7 Å². The van der Waals surface area contributed by atoms with Crippen molar-refractivity contribution in [1.82, 2.24) is 4.98 Å². The molecule has 0 aliphatic carbocycles. The summed E-state index contributed by atoms with van der Waals surface area (Å²) < 4.78 is 4.53. The highest BCUT2D eigenvalue weighted by Gasteiger charge is 2.17. The van der Waals surface area contributed by atoms with E-state index in [1.165, 1.54) is 7.11 Å². The summed E-state index contributed by atoms with van der Waals surface area (Å²) in [4.78, 5) is 15.4. The molecule has 5 nitrogen and oxygen atoms in total. The van der Waals surface area contributed by atoms with Crippen molar-refractivity contribution in [3.63, 3.8) is 0 Å². The molecule has 2 N–H and O–H groups in total. The van der Waals surface area contributed by atoms with E-state index in [0.29, 0.717) is 5.13 Å². The number of ether oxygens (including phenoxy) is 1. The van der Waals surface area contributed by atoms with Crippen molar-refractivity contribution in [2.75, 3.05) is 19.0 Å². The van der Waals surface area contributed by atoms with Gasteiger partial charge in [0.15, 0.2) is 15.2 Å². The van der Waals surface area contributed by atoms with Gasteiger partial charge in [0.25, 0.3) is 0 Å². The molecule has 0 amide bonds. The van der Waals surface area contributed by atoms with Gasteiger partial charge in [-0.05, 0) is 6.92 Å². The first kappa shape index (κ1) is 12.2. The summed E-state index contributed by atoms with van der Waals surface area (Å²) >= 11 is 6.84. The summed E-state index contributed by atoms with van der Waals surface area (Å²) in [5.41, 5.74) is 0. The second-order valence-electron chi connectivity index (χ2n) is 2.86. The zero-order valence-corrected chi connectivity index (χ0v) is 9.85. The van der Waals surface area contributed by atoms with Crippen LogP contribution in [0.2, 0.25) is 5.15 Å². The summed E-state index contributed by atoms with van der Waals surface area (Å²) in [6.45, 7) is 1.76. The lowest BCUT2D eigenvalue weighted by atomic mass is 10.4.